The number of anilines is 1. The molecule has 1 aromatic heterocycles. The van der Waals surface area contributed by atoms with E-state index in [0.717, 1.165) is 41.9 Å². The smallest absolute Gasteiger partial charge is 0.257 e. The lowest BCUT2D eigenvalue weighted by Gasteiger charge is -2.39. The van der Waals surface area contributed by atoms with Gasteiger partial charge in [0.25, 0.3) is 5.91 Å². The van der Waals surface area contributed by atoms with E-state index in [-0.39, 0.29) is 17.5 Å². The molecule has 0 radical (unpaired) electrons. The largest absolute Gasteiger partial charge is 0.363 e. The van der Waals surface area contributed by atoms with Crippen LogP contribution in [0.15, 0.2) is 61.2 Å². The van der Waals surface area contributed by atoms with Crippen LogP contribution >= 0.6 is 11.6 Å². The van der Waals surface area contributed by atoms with Gasteiger partial charge in [0.1, 0.15) is 11.4 Å². The van der Waals surface area contributed by atoms with Crippen LogP contribution in [0.25, 0.3) is 0 Å². The third-order valence-electron chi connectivity index (χ3n) is 7.01. The number of hydrogen-bond donors (Lipinski definition) is 2. The number of carbonyl (C=O) groups excluding carboxylic acids is 1. The van der Waals surface area contributed by atoms with E-state index in [0.29, 0.717) is 17.0 Å². The van der Waals surface area contributed by atoms with Crippen LogP contribution in [-0.2, 0) is 17.5 Å². The highest BCUT2D eigenvalue weighted by atomic mass is 35.5. The number of amides is 1. The average molecular weight is 481 g/mol. The van der Waals surface area contributed by atoms with Crippen LogP contribution in [0.3, 0.4) is 0 Å². The summed E-state index contributed by atoms with van der Waals surface area (Å²) in [5.74, 6) is 0.637. The molecule has 1 aliphatic heterocycles. The lowest BCUT2D eigenvalue weighted by atomic mass is 9.84. The summed E-state index contributed by atoms with van der Waals surface area (Å²) in [5, 5.41) is 12.5. The van der Waals surface area contributed by atoms with Crippen molar-refractivity contribution in [1.29, 1.82) is 0 Å². The Hall–Kier alpha value is -2.79. The van der Waals surface area contributed by atoms with Crippen molar-refractivity contribution in [2.75, 3.05) is 5.32 Å². The molecule has 0 bridgehead atoms. The van der Waals surface area contributed by atoms with E-state index in [1.54, 1.807) is 6.08 Å². The van der Waals surface area contributed by atoms with Crippen LogP contribution < -0.4 is 10.6 Å². The van der Waals surface area contributed by atoms with Gasteiger partial charge in [0.05, 0.1) is 22.8 Å². The SMILES string of the molecule is C=C/C=C(\C=C)C1CC(C)(C)n2nc(CC)c(C(=O)NC(CC)(CC)c3ccc(Cl)cc3)c2N1. The molecule has 2 N–H and O–H groups in total. The summed E-state index contributed by atoms with van der Waals surface area (Å²) in [7, 11) is 0. The van der Waals surface area contributed by atoms with Gasteiger partial charge < -0.3 is 10.6 Å². The number of aromatic nitrogens is 2. The first-order valence-corrected chi connectivity index (χ1v) is 12.5. The van der Waals surface area contributed by atoms with Crippen molar-refractivity contribution < 1.29 is 4.79 Å². The van der Waals surface area contributed by atoms with Gasteiger partial charge in [0, 0.05) is 5.02 Å². The number of rotatable bonds is 9. The first kappa shape index (κ1) is 25.8. The number of nitrogens with one attached hydrogen (secondary N) is 2. The van der Waals surface area contributed by atoms with E-state index in [9.17, 15) is 4.79 Å². The van der Waals surface area contributed by atoms with E-state index < -0.39 is 5.54 Å². The number of fused-ring (bicyclic) bond motifs is 1. The summed E-state index contributed by atoms with van der Waals surface area (Å²) >= 11 is 6.13. The van der Waals surface area contributed by atoms with Gasteiger partial charge in [0.2, 0.25) is 0 Å². The Labute approximate surface area is 209 Å². The molecule has 1 amide bonds. The Morgan fingerprint density at radius 1 is 1.26 bits per heavy atom. The maximum atomic E-state index is 13.9. The summed E-state index contributed by atoms with van der Waals surface area (Å²) in [6, 6.07) is 7.75. The molecule has 34 heavy (non-hydrogen) atoms. The van der Waals surface area contributed by atoms with Crippen LogP contribution in [0.1, 0.15) is 75.5 Å². The molecule has 0 fully saturated rings. The maximum Gasteiger partial charge on any atom is 0.257 e. The van der Waals surface area contributed by atoms with Crippen molar-refractivity contribution in [2.24, 2.45) is 0 Å². The van der Waals surface area contributed by atoms with Gasteiger partial charge in [-0.05, 0) is 62.8 Å². The fourth-order valence-electron chi connectivity index (χ4n) is 4.94. The highest BCUT2D eigenvalue weighted by Gasteiger charge is 2.40. The number of hydrogen-bond acceptors (Lipinski definition) is 3. The minimum Gasteiger partial charge on any atom is -0.363 e. The van der Waals surface area contributed by atoms with Gasteiger partial charge in [-0.2, -0.15) is 5.10 Å². The molecule has 0 saturated carbocycles. The molecule has 1 atom stereocenters. The van der Waals surface area contributed by atoms with E-state index in [1.807, 2.05) is 48.0 Å². The van der Waals surface area contributed by atoms with Gasteiger partial charge in [-0.15, -0.1) is 0 Å². The zero-order valence-corrected chi connectivity index (χ0v) is 21.8. The second-order valence-corrected chi connectivity index (χ2v) is 9.94. The van der Waals surface area contributed by atoms with Crippen LogP contribution in [-0.4, -0.2) is 21.7 Å². The normalized spacial score (nSPS) is 17.5. The van der Waals surface area contributed by atoms with Crippen LogP contribution in [0.4, 0.5) is 5.82 Å². The predicted octanol–water partition coefficient (Wildman–Crippen LogP) is 6.76. The van der Waals surface area contributed by atoms with Gasteiger partial charge in [-0.3, -0.25) is 4.79 Å². The molecule has 2 aromatic rings. The number of carbonyl (C=O) groups is 1. The Morgan fingerprint density at radius 3 is 2.44 bits per heavy atom. The quantitative estimate of drug-likeness (QED) is 0.389. The molecular weight excluding hydrogens is 444 g/mol. The lowest BCUT2D eigenvalue weighted by Crippen LogP contribution is -2.46. The predicted molar refractivity (Wildman–Crippen MR) is 143 cm³/mol. The van der Waals surface area contributed by atoms with Crippen molar-refractivity contribution in [1.82, 2.24) is 15.1 Å². The zero-order valence-electron chi connectivity index (χ0n) is 21.0. The number of benzene rings is 1. The van der Waals surface area contributed by atoms with Gasteiger partial charge >= 0.3 is 0 Å². The monoisotopic (exact) mass is 480 g/mol. The van der Waals surface area contributed by atoms with E-state index >= 15 is 0 Å². The summed E-state index contributed by atoms with van der Waals surface area (Å²) < 4.78 is 1.98. The highest BCUT2D eigenvalue weighted by Crippen LogP contribution is 2.39. The molecule has 182 valence electrons. The Bertz CT molecular complexity index is 1090. The fraction of sp³-hybridized carbons (Fsp3) is 0.429. The molecule has 5 nitrogen and oxygen atoms in total. The fourth-order valence-corrected chi connectivity index (χ4v) is 5.07. The maximum absolute atomic E-state index is 13.9. The molecule has 3 rings (SSSR count). The average Bonchev–Trinajstić information content (AvgIpc) is 3.21. The van der Waals surface area contributed by atoms with Crippen LogP contribution in [0.2, 0.25) is 5.02 Å². The topological polar surface area (TPSA) is 59.0 Å². The molecule has 1 aromatic carbocycles. The first-order valence-electron chi connectivity index (χ1n) is 12.1. The molecule has 0 saturated heterocycles. The van der Waals surface area contributed by atoms with Crippen molar-refractivity contribution in [3.63, 3.8) is 0 Å². The summed E-state index contributed by atoms with van der Waals surface area (Å²) in [4.78, 5) is 13.9. The van der Waals surface area contributed by atoms with E-state index in [1.165, 1.54) is 0 Å². The van der Waals surface area contributed by atoms with Crippen molar-refractivity contribution >= 4 is 23.3 Å². The molecule has 0 aliphatic carbocycles. The zero-order chi connectivity index (χ0) is 25.1. The third kappa shape index (κ3) is 4.72. The third-order valence-corrected chi connectivity index (χ3v) is 7.26. The van der Waals surface area contributed by atoms with Crippen molar-refractivity contribution in [3.05, 3.63) is 83.1 Å². The van der Waals surface area contributed by atoms with Crippen molar-refractivity contribution in [2.45, 2.75) is 77.4 Å². The Kier molecular flexibility index (Phi) is 7.77. The van der Waals surface area contributed by atoms with E-state index in [2.05, 4.69) is 51.5 Å². The molecule has 2 heterocycles. The number of halogens is 1. The van der Waals surface area contributed by atoms with Crippen molar-refractivity contribution in [3.8, 4) is 0 Å². The standard InChI is InChI=1S/C28H37ClN4O/c1-8-13-19(9-2)23-18-27(6,7)33-25(30-23)24(22(10-3)32-33)26(34)31-28(11-4,12-5)20-14-16-21(29)17-15-20/h8-9,13-17,23,30H,1-2,10-12,18H2,3-7H3,(H,31,34)/b19-13+. The summed E-state index contributed by atoms with van der Waals surface area (Å²) in [6.07, 6.45) is 8.57. The second kappa shape index (κ2) is 10.2. The Morgan fingerprint density at radius 2 is 1.91 bits per heavy atom. The van der Waals surface area contributed by atoms with Gasteiger partial charge in [-0.1, -0.05) is 75.9 Å². The number of aryl methyl sites for hydroxylation is 1. The summed E-state index contributed by atoms with van der Waals surface area (Å²) in [5.41, 5.74) is 2.71. The van der Waals surface area contributed by atoms with Crippen LogP contribution in [0.5, 0.6) is 0 Å². The minimum absolute atomic E-state index is 0.00401. The Balaban J connectivity index is 2.08. The minimum atomic E-state index is -0.500. The van der Waals surface area contributed by atoms with Gasteiger partial charge in [-0.25, -0.2) is 4.68 Å². The van der Waals surface area contributed by atoms with E-state index in [4.69, 9.17) is 16.7 Å². The number of nitrogens with zero attached hydrogens (tertiary/aromatic N) is 2. The molecule has 0 spiro atoms. The van der Waals surface area contributed by atoms with Gasteiger partial charge in [0.15, 0.2) is 0 Å². The molecule has 6 heteroatoms. The summed E-state index contributed by atoms with van der Waals surface area (Å²) in [6.45, 7) is 18.4. The lowest BCUT2D eigenvalue weighted by molar-refractivity contribution is 0.0889. The van der Waals surface area contributed by atoms with Crippen LogP contribution in [0, 0.1) is 0 Å². The highest BCUT2D eigenvalue weighted by molar-refractivity contribution is 6.30. The number of allylic oxidation sites excluding steroid dienone is 2. The molecule has 1 aliphatic rings. The molecule has 1 unspecified atom stereocenters. The first-order chi connectivity index (χ1) is 16.2. The molecular formula is C28H37ClN4O. The second-order valence-electron chi connectivity index (χ2n) is 9.51.